The van der Waals surface area contributed by atoms with E-state index in [-0.39, 0.29) is 0 Å². The van der Waals surface area contributed by atoms with Gasteiger partial charge in [0.1, 0.15) is 0 Å². The van der Waals surface area contributed by atoms with Crippen molar-refractivity contribution in [2.45, 2.75) is 40.2 Å². The molecule has 0 heterocycles. The molecule has 3 heteroatoms. The van der Waals surface area contributed by atoms with Crippen molar-refractivity contribution in [3.05, 3.63) is 28.8 Å². The van der Waals surface area contributed by atoms with Gasteiger partial charge in [-0.15, -0.1) is 0 Å². The summed E-state index contributed by atoms with van der Waals surface area (Å²) < 4.78 is 0. The fourth-order valence-corrected chi connectivity index (χ4v) is 2.43. The van der Waals surface area contributed by atoms with E-state index < -0.39 is 0 Å². The maximum atomic E-state index is 6.38. The summed E-state index contributed by atoms with van der Waals surface area (Å²) in [5.74, 6) is 0.714. The van der Waals surface area contributed by atoms with Gasteiger partial charge in [0.15, 0.2) is 0 Å². The van der Waals surface area contributed by atoms with E-state index in [0.29, 0.717) is 5.92 Å². The van der Waals surface area contributed by atoms with E-state index in [2.05, 4.69) is 44.1 Å². The smallest absolute Gasteiger partial charge is 0.0642 e. The van der Waals surface area contributed by atoms with Crippen molar-refractivity contribution in [1.82, 2.24) is 5.32 Å². The first-order chi connectivity index (χ1) is 9.06. The predicted octanol–water partition coefficient (Wildman–Crippen LogP) is 4.32. The van der Waals surface area contributed by atoms with E-state index in [1.54, 1.807) is 0 Å². The van der Waals surface area contributed by atoms with E-state index in [1.807, 2.05) is 12.1 Å². The molecule has 0 aliphatic heterocycles. The van der Waals surface area contributed by atoms with Gasteiger partial charge in [0.25, 0.3) is 0 Å². The number of nitrogens with one attached hydrogen (secondary N) is 1. The van der Waals surface area contributed by atoms with Crippen LogP contribution < -0.4 is 10.2 Å². The number of hydrogen-bond donors (Lipinski definition) is 1. The molecule has 0 saturated carbocycles. The zero-order valence-electron chi connectivity index (χ0n) is 12.7. The Morgan fingerprint density at radius 2 is 2.05 bits per heavy atom. The zero-order chi connectivity index (χ0) is 14.3. The summed E-state index contributed by atoms with van der Waals surface area (Å²) >= 11 is 6.38. The Morgan fingerprint density at radius 3 is 2.68 bits per heavy atom. The first kappa shape index (κ1) is 16.3. The molecule has 0 aromatic heterocycles. The van der Waals surface area contributed by atoms with Crippen LogP contribution in [0.5, 0.6) is 0 Å². The molecule has 0 radical (unpaired) electrons. The van der Waals surface area contributed by atoms with Gasteiger partial charge in [-0.2, -0.15) is 0 Å². The van der Waals surface area contributed by atoms with Crippen LogP contribution in [0.15, 0.2) is 18.2 Å². The highest BCUT2D eigenvalue weighted by atomic mass is 35.5. The lowest BCUT2D eigenvalue weighted by Crippen LogP contribution is -2.23. The first-order valence-electron chi connectivity index (χ1n) is 7.25. The van der Waals surface area contributed by atoms with Gasteiger partial charge in [0.05, 0.1) is 10.7 Å². The Kier molecular flexibility index (Phi) is 7.25. The van der Waals surface area contributed by atoms with Gasteiger partial charge in [-0.05, 0) is 36.9 Å². The van der Waals surface area contributed by atoms with Crippen LogP contribution in [0.3, 0.4) is 0 Å². The summed E-state index contributed by atoms with van der Waals surface area (Å²) in [7, 11) is 2.13. The van der Waals surface area contributed by atoms with Gasteiger partial charge in [-0.1, -0.05) is 44.5 Å². The number of nitrogens with zero attached hydrogens (tertiary/aromatic N) is 1. The fourth-order valence-electron chi connectivity index (χ4n) is 2.09. The summed E-state index contributed by atoms with van der Waals surface area (Å²) in [6.45, 7) is 9.66. The Balaban J connectivity index is 2.78. The van der Waals surface area contributed by atoms with Crippen LogP contribution in [0.4, 0.5) is 5.69 Å². The molecular formula is C16H27ClN2. The van der Waals surface area contributed by atoms with Crippen LogP contribution in [0.2, 0.25) is 5.02 Å². The summed E-state index contributed by atoms with van der Waals surface area (Å²) in [5, 5.41) is 4.30. The summed E-state index contributed by atoms with van der Waals surface area (Å²) in [5.41, 5.74) is 2.46. The van der Waals surface area contributed by atoms with Gasteiger partial charge < -0.3 is 10.2 Å². The number of hydrogen-bond acceptors (Lipinski definition) is 2. The quantitative estimate of drug-likeness (QED) is 0.714. The molecule has 2 nitrogen and oxygen atoms in total. The molecule has 1 N–H and O–H groups in total. The van der Waals surface area contributed by atoms with E-state index in [9.17, 15) is 0 Å². The number of halogens is 1. The molecule has 0 saturated heterocycles. The monoisotopic (exact) mass is 282 g/mol. The average molecular weight is 283 g/mol. The topological polar surface area (TPSA) is 15.3 Å². The lowest BCUT2D eigenvalue weighted by atomic mass is 10.1. The van der Waals surface area contributed by atoms with Crippen molar-refractivity contribution in [3.63, 3.8) is 0 Å². The van der Waals surface area contributed by atoms with Crippen LogP contribution in [0.25, 0.3) is 0 Å². The summed E-state index contributed by atoms with van der Waals surface area (Å²) in [4.78, 5) is 2.28. The van der Waals surface area contributed by atoms with Crippen LogP contribution in [0, 0.1) is 5.92 Å². The molecular weight excluding hydrogens is 256 g/mol. The molecule has 19 heavy (non-hydrogen) atoms. The number of benzene rings is 1. The van der Waals surface area contributed by atoms with Gasteiger partial charge >= 0.3 is 0 Å². The molecule has 1 rings (SSSR count). The van der Waals surface area contributed by atoms with Gasteiger partial charge in [0.2, 0.25) is 0 Å². The number of para-hydroxylation sites is 1. The third kappa shape index (κ3) is 5.42. The average Bonchev–Trinajstić information content (AvgIpc) is 2.36. The van der Waals surface area contributed by atoms with Crippen molar-refractivity contribution in [2.75, 3.05) is 25.0 Å². The maximum absolute atomic E-state index is 6.38. The highest BCUT2D eigenvalue weighted by Gasteiger charge is 2.11. The molecule has 0 aliphatic carbocycles. The third-order valence-corrected chi connectivity index (χ3v) is 3.54. The van der Waals surface area contributed by atoms with Crippen LogP contribution in [-0.4, -0.2) is 20.1 Å². The largest absolute Gasteiger partial charge is 0.373 e. The lowest BCUT2D eigenvalue weighted by Gasteiger charge is -2.24. The van der Waals surface area contributed by atoms with E-state index in [1.165, 1.54) is 17.7 Å². The molecule has 0 fully saturated rings. The van der Waals surface area contributed by atoms with E-state index in [4.69, 9.17) is 11.6 Å². The standard InChI is InChI=1S/C16H27ClN2/c1-5-10-18-12-14-7-6-8-15(17)16(14)19(4)11-9-13(2)3/h6-8,13,18H,5,9-12H2,1-4H3. The molecule has 108 valence electrons. The normalized spacial score (nSPS) is 11.1. The van der Waals surface area contributed by atoms with Crippen molar-refractivity contribution in [1.29, 1.82) is 0 Å². The van der Waals surface area contributed by atoms with Crippen molar-refractivity contribution in [2.24, 2.45) is 5.92 Å². The second kappa shape index (κ2) is 8.44. The summed E-state index contributed by atoms with van der Waals surface area (Å²) in [6, 6.07) is 6.17. The molecule has 0 atom stereocenters. The second-order valence-electron chi connectivity index (χ2n) is 5.53. The highest BCUT2D eigenvalue weighted by Crippen LogP contribution is 2.29. The zero-order valence-corrected chi connectivity index (χ0v) is 13.4. The Labute approximate surface area is 123 Å². The molecule has 0 amide bonds. The van der Waals surface area contributed by atoms with Crippen LogP contribution >= 0.6 is 11.6 Å². The summed E-state index contributed by atoms with van der Waals surface area (Å²) in [6.07, 6.45) is 2.34. The van der Waals surface area contributed by atoms with Crippen LogP contribution in [-0.2, 0) is 6.54 Å². The Morgan fingerprint density at radius 1 is 1.32 bits per heavy atom. The molecule has 0 bridgehead atoms. The number of anilines is 1. The van der Waals surface area contributed by atoms with Crippen molar-refractivity contribution in [3.8, 4) is 0 Å². The Hall–Kier alpha value is -0.730. The predicted molar refractivity (Wildman–Crippen MR) is 86.2 cm³/mol. The van der Waals surface area contributed by atoms with Gasteiger partial charge in [0, 0.05) is 20.1 Å². The number of rotatable bonds is 8. The minimum Gasteiger partial charge on any atom is -0.373 e. The first-order valence-corrected chi connectivity index (χ1v) is 7.63. The SMILES string of the molecule is CCCNCc1cccc(Cl)c1N(C)CCC(C)C. The molecule has 0 aliphatic rings. The van der Waals surface area contributed by atoms with Gasteiger partial charge in [-0.25, -0.2) is 0 Å². The van der Waals surface area contributed by atoms with E-state index in [0.717, 1.165) is 31.1 Å². The molecule has 1 aromatic rings. The third-order valence-electron chi connectivity index (χ3n) is 3.24. The van der Waals surface area contributed by atoms with Crippen LogP contribution in [0.1, 0.15) is 39.2 Å². The minimum absolute atomic E-state index is 0.714. The molecule has 0 spiro atoms. The maximum Gasteiger partial charge on any atom is 0.0642 e. The second-order valence-corrected chi connectivity index (χ2v) is 5.94. The highest BCUT2D eigenvalue weighted by molar-refractivity contribution is 6.33. The fraction of sp³-hybridized carbons (Fsp3) is 0.625. The molecule has 1 aromatic carbocycles. The van der Waals surface area contributed by atoms with Crippen molar-refractivity contribution >= 4 is 17.3 Å². The lowest BCUT2D eigenvalue weighted by molar-refractivity contribution is 0.584. The molecule has 0 unspecified atom stereocenters. The van der Waals surface area contributed by atoms with E-state index >= 15 is 0 Å². The van der Waals surface area contributed by atoms with Crippen molar-refractivity contribution < 1.29 is 0 Å². The Bertz CT molecular complexity index is 377. The van der Waals surface area contributed by atoms with Gasteiger partial charge in [-0.3, -0.25) is 0 Å². The minimum atomic E-state index is 0.714.